The number of ether oxygens (including phenoxy) is 3. The maximum absolute atomic E-state index is 12.0. The third-order valence-corrected chi connectivity index (χ3v) is 3.76. The van der Waals surface area contributed by atoms with Crippen LogP contribution in [-0.2, 0) is 4.79 Å². The van der Waals surface area contributed by atoms with Gasteiger partial charge in [-0.25, -0.2) is 4.79 Å². The fourth-order valence-corrected chi connectivity index (χ4v) is 2.52. The first-order chi connectivity index (χ1) is 11.0. The highest BCUT2D eigenvalue weighted by atomic mass is 79.9. The number of hydrogen-bond donors (Lipinski definition) is 0. The van der Waals surface area contributed by atoms with Gasteiger partial charge in [0, 0.05) is 17.7 Å². The van der Waals surface area contributed by atoms with Gasteiger partial charge in [-0.3, -0.25) is 0 Å². The number of carbonyl (C=O) groups excluding carboxylic acids is 1. The van der Waals surface area contributed by atoms with E-state index in [9.17, 15) is 4.79 Å². The molecule has 0 heterocycles. The first kappa shape index (κ1) is 17.1. The summed E-state index contributed by atoms with van der Waals surface area (Å²) in [5.74, 6) is 1.31. The normalized spacial score (nSPS) is 10.6. The molecule has 0 saturated heterocycles. The molecule has 0 saturated carbocycles. The molecule has 0 bridgehead atoms. The number of rotatable bonds is 5. The van der Waals surface area contributed by atoms with E-state index >= 15 is 0 Å². The molecule has 2 aromatic rings. The number of carbonyl (C=O) groups is 1. The Morgan fingerprint density at radius 2 is 1.83 bits per heavy atom. The minimum absolute atomic E-state index is 0.465. The first-order valence-electron chi connectivity index (χ1n) is 6.91. The molecule has 0 aliphatic heterocycles. The lowest BCUT2D eigenvalue weighted by atomic mass is 10.1. The summed E-state index contributed by atoms with van der Waals surface area (Å²) < 4.78 is 16.5. The van der Waals surface area contributed by atoms with E-state index in [1.807, 2.05) is 25.1 Å². The Morgan fingerprint density at radius 1 is 1.04 bits per heavy atom. The summed E-state index contributed by atoms with van der Waals surface area (Å²) in [6, 6.07) is 10.9. The third-order valence-electron chi connectivity index (χ3n) is 3.14. The monoisotopic (exact) mass is 376 g/mol. The van der Waals surface area contributed by atoms with Gasteiger partial charge < -0.3 is 14.2 Å². The summed E-state index contributed by atoms with van der Waals surface area (Å²) in [5, 5.41) is 0. The molecular formula is C18H17BrO4. The van der Waals surface area contributed by atoms with Gasteiger partial charge in [-0.2, -0.15) is 0 Å². The van der Waals surface area contributed by atoms with Crippen LogP contribution < -0.4 is 14.2 Å². The zero-order valence-corrected chi connectivity index (χ0v) is 14.7. The average Bonchev–Trinajstić information content (AvgIpc) is 2.55. The van der Waals surface area contributed by atoms with Crippen molar-refractivity contribution in [1.82, 2.24) is 0 Å². The van der Waals surface area contributed by atoms with E-state index in [0.717, 1.165) is 15.6 Å². The fourth-order valence-electron chi connectivity index (χ4n) is 1.94. The van der Waals surface area contributed by atoms with Gasteiger partial charge in [0.25, 0.3) is 0 Å². The van der Waals surface area contributed by atoms with Gasteiger partial charge in [0.2, 0.25) is 0 Å². The van der Waals surface area contributed by atoms with Gasteiger partial charge in [-0.1, -0.05) is 6.07 Å². The highest BCUT2D eigenvalue weighted by Gasteiger charge is 2.07. The molecule has 0 aliphatic rings. The molecule has 5 heteroatoms. The summed E-state index contributed by atoms with van der Waals surface area (Å²) >= 11 is 3.38. The van der Waals surface area contributed by atoms with Crippen LogP contribution in [0.2, 0.25) is 0 Å². The highest BCUT2D eigenvalue weighted by molar-refractivity contribution is 9.10. The van der Waals surface area contributed by atoms with Gasteiger partial charge in [-0.15, -0.1) is 0 Å². The molecule has 4 nitrogen and oxygen atoms in total. The van der Waals surface area contributed by atoms with E-state index in [-0.39, 0.29) is 0 Å². The molecule has 0 atom stereocenters. The van der Waals surface area contributed by atoms with E-state index in [2.05, 4.69) is 15.9 Å². The molecule has 2 aromatic carbocycles. The zero-order chi connectivity index (χ0) is 16.8. The maximum Gasteiger partial charge on any atom is 0.336 e. The molecule has 2 rings (SSSR count). The molecule has 0 radical (unpaired) electrons. The van der Waals surface area contributed by atoms with Crippen LogP contribution in [0.1, 0.15) is 11.1 Å². The number of aryl methyl sites for hydroxylation is 1. The van der Waals surface area contributed by atoms with Gasteiger partial charge >= 0.3 is 5.97 Å². The Hall–Kier alpha value is -2.27. The molecule has 0 amide bonds. The van der Waals surface area contributed by atoms with Crippen LogP contribution in [0.4, 0.5) is 0 Å². The Morgan fingerprint density at radius 3 is 2.48 bits per heavy atom. The molecule has 0 spiro atoms. The van der Waals surface area contributed by atoms with Gasteiger partial charge in [0.1, 0.15) is 17.2 Å². The topological polar surface area (TPSA) is 44.8 Å². The van der Waals surface area contributed by atoms with E-state index in [1.54, 1.807) is 38.5 Å². The van der Waals surface area contributed by atoms with Crippen molar-refractivity contribution in [2.75, 3.05) is 14.2 Å². The Kier molecular flexibility index (Phi) is 5.82. The third kappa shape index (κ3) is 4.60. The second-order valence-electron chi connectivity index (χ2n) is 4.80. The van der Waals surface area contributed by atoms with Gasteiger partial charge in [0.05, 0.1) is 18.7 Å². The van der Waals surface area contributed by atoms with E-state index in [4.69, 9.17) is 14.2 Å². The van der Waals surface area contributed by atoms with Crippen molar-refractivity contribution >= 4 is 28.0 Å². The summed E-state index contributed by atoms with van der Waals surface area (Å²) in [7, 11) is 3.15. The summed E-state index contributed by atoms with van der Waals surface area (Å²) in [5.41, 5.74) is 1.84. The minimum atomic E-state index is -0.465. The van der Waals surface area contributed by atoms with Crippen LogP contribution in [0.5, 0.6) is 17.2 Å². The van der Waals surface area contributed by atoms with Crippen molar-refractivity contribution in [3.05, 3.63) is 58.1 Å². The second kappa shape index (κ2) is 7.83. The summed E-state index contributed by atoms with van der Waals surface area (Å²) in [4.78, 5) is 12.0. The maximum atomic E-state index is 12.0. The quantitative estimate of drug-likeness (QED) is 0.440. The molecule has 23 heavy (non-hydrogen) atoms. The number of halogens is 1. The van der Waals surface area contributed by atoms with Crippen molar-refractivity contribution in [1.29, 1.82) is 0 Å². The summed E-state index contributed by atoms with van der Waals surface area (Å²) in [6.07, 6.45) is 3.00. The van der Waals surface area contributed by atoms with Crippen LogP contribution >= 0.6 is 15.9 Å². The molecule has 120 valence electrons. The Balaban J connectivity index is 2.12. The number of hydrogen-bond acceptors (Lipinski definition) is 4. The minimum Gasteiger partial charge on any atom is -0.497 e. The Bertz CT molecular complexity index is 738. The standard InChI is InChI=1S/C18H17BrO4/c1-12-4-8-16(15(19)10-12)23-18(20)9-6-13-5-7-14(21-2)11-17(13)22-3/h4-11H,1-3H3/b9-6+. The fraction of sp³-hybridized carbons (Fsp3) is 0.167. The average molecular weight is 377 g/mol. The second-order valence-corrected chi connectivity index (χ2v) is 5.65. The largest absolute Gasteiger partial charge is 0.497 e. The smallest absolute Gasteiger partial charge is 0.336 e. The molecule has 0 aliphatic carbocycles. The SMILES string of the molecule is COc1ccc(/C=C/C(=O)Oc2ccc(C)cc2Br)c(OC)c1. The van der Waals surface area contributed by atoms with Crippen molar-refractivity contribution in [2.24, 2.45) is 0 Å². The van der Waals surface area contributed by atoms with Crippen LogP contribution in [0, 0.1) is 6.92 Å². The van der Waals surface area contributed by atoms with Crippen LogP contribution in [0.15, 0.2) is 46.9 Å². The van der Waals surface area contributed by atoms with E-state index in [1.165, 1.54) is 6.08 Å². The molecule has 0 unspecified atom stereocenters. The highest BCUT2D eigenvalue weighted by Crippen LogP contribution is 2.27. The van der Waals surface area contributed by atoms with Crippen molar-refractivity contribution in [2.45, 2.75) is 6.92 Å². The molecule has 0 fully saturated rings. The van der Waals surface area contributed by atoms with Gasteiger partial charge in [-0.05, 0) is 58.8 Å². The number of esters is 1. The summed E-state index contributed by atoms with van der Waals surface area (Å²) in [6.45, 7) is 1.96. The molecule has 0 N–H and O–H groups in total. The van der Waals surface area contributed by atoms with Crippen LogP contribution in [0.3, 0.4) is 0 Å². The van der Waals surface area contributed by atoms with Crippen LogP contribution in [-0.4, -0.2) is 20.2 Å². The number of methoxy groups -OCH3 is 2. The predicted octanol–water partition coefficient (Wildman–Crippen LogP) is 4.39. The van der Waals surface area contributed by atoms with E-state index < -0.39 is 5.97 Å². The zero-order valence-electron chi connectivity index (χ0n) is 13.1. The molecule has 0 aromatic heterocycles. The van der Waals surface area contributed by atoms with Gasteiger partial charge in [0.15, 0.2) is 0 Å². The number of benzene rings is 2. The Labute approximate surface area is 143 Å². The lowest BCUT2D eigenvalue weighted by Crippen LogP contribution is -2.04. The van der Waals surface area contributed by atoms with Crippen molar-refractivity contribution < 1.29 is 19.0 Å². The van der Waals surface area contributed by atoms with Crippen molar-refractivity contribution in [3.8, 4) is 17.2 Å². The lowest BCUT2D eigenvalue weighted by Gasteiger charge is -2.07. The lowest BCUT2D eigenvalue weighted by molar-refractivity contribution is -0.128. The predicted molar refractivity (Wildman–Crippen MR) is 93.1 cm³/mol. The first-order valence-corrected chi connectivity index (χ1v) is 7.71. The van der Waals surface area contributed by atoms with Crippen LogP contribution in [0.25, 0.3) is 6.08 Å². The molecular weight excluding hydrogens is 360 g/mol. The van der Waals surface area contributed by atoms with E-state index in [0.29, 0.717) is 17.2 Å². The van der Waals surface area contributed by atoms with Crippen molar-refractivity contribution in [3.63, 3.8) is 0 Å².